The predicted molar refractivity (Wildman–Crippen MR) is 135 cm³/mol. The van der Waals surface area contributed by atoms with E-state index in [2.05, 4.69) is 55.5 Å². The van der Waals surface area contributed by atoms with Gasteiger partial charge in [0, 0.05) is 5.02 Å². The Kier molecular flexibility index (Phi) is 12.5. The molecule has 0 bridgehead atoms. The van der Waals surface area contributed by atoms with Gasteiger partial charge in [-0.1, -0.05) is 102 Å². The number of aryl methyl sites for hydroxylation is 1. The van der Waals surface area contributed by atoms with E-state index in [1.807, 2.05) is 36.4 Å². The first-order valence-electron chi connectivity index (χ1n) is 9.82. The minimum absolute atomic E-state index is 0. The SMILES string of the molecule is COc1ccc(B(O)O)cc1.Cc1ccc(-c2ccccc2)cc1.Clc1ccccc1.O. The van der Waals surface area contributed by atoms with Gasteiger partial charge in [0.25, 0.3) is 0 Å². The summed E-state index contributed by atoms with van der Waals surface area (Å²) in [5.74, 6) is 0.703. The Morgan fingerprint density at radius 3 is 1.53 bits per heavy atom. The molecule has 0 fully saturated rings. The highest BCUT2D eigenvalue weighted by Gasteiger charge is 2.09. The number of hydrogen-bond donors (Lipinski definition) is 2. The molecule has 4 aromatic carbocycles. The second kappa shape index (κ2) is 14.8. The third kappa shape index (κ3) is 9.81. The average molecular weight is 451 g/mol. The minimum Gasteiger partial charge on any atom is -0.497 e. The first-order valence-corrected chi connectivity index (χ1v) is 10.2. The van der Waals surface area contributed by atoms with E-state index < -0.39 is 7.12 Å². The van der Waals surface area contributed by atoms with E-state index in [0.29, 0.717) is 11.2 Å². The molecule has 0 aliphatic heterocycles. The Balaban J connectivity index is 0.000000247. The van der Waals surface area contributed by atoms with E-state index in [0.717, 1.165) is 5.02 Å². The summed E-state index contributed by atoms with van der Waals surface area (Å²) in [4.78, 5) is 0. The average Bonchev–Trinajstić information content (AvgIpc) is 2.81. The third-order valence-corrected chi connectivity index (χ3v) is 4.56. The molecule has 0 amide bonds. The molecule has 166 valence electrons. The second-order valence-electron chi connectivity index (χ2n) is 6.67. The summed E-state index contributed by atoms with van der Waals surface area (Å²) >= 11 is 5.54. The molecule has 32 heavy (non-hydrogen) atoms. The van der Waals surface area contributed by atoms with Gasteiger partial charge in [-0.15, -0.1) is 0 Å². The lowest BCUT2D eigenvalue weighted by molar-refractivity contribution is 0.414. The van der Waals surface area contributed by atoms with Crippen molar-refractivity contribution in [2.75, 3.05) is 7.11 Å². The molecule has 0 heterocycles. The maximum Gasteiger partial charge on any atom is 0.488 e. The first kappa shape index (κ1) is 26.9. The minimum atomic E-state index is -1.40. The fourth-order valence-electron chi connectivity index (χ4n) is 2.57. The van der Waals surface area contributed by atoms with Gasteiger partial charge < -0.3 is 20.3 Å². The Morgan fingerprint density at radius 1 is 0.656 bits per heavy atom. The van der Waals surface area contributed by atoms with Gasteiger partial charge in [-0.3, -0.25) is 0 Å². The summed E-state index contributed by atoms with van der Waals surface area (Å²) in [6.45, 7) is 2.11. The molecular weight excluding hydrogens is 423 g/mol. The molecule has 0 spiro atoms. The fraction of sp³-hybridized carbons (Fsp3) is 0.0769. The van der Waals surface area contributed by atoms with Crippen molar-refractivity contribution in [3.05, 3.63) is 120 Å². The zero-order chi connectivity index (χ0) is 22.5. The lowest BCUT2D eigenvalue weighted by Crippen LogP contribution is -2.29. The molecule has 0 aromatic heterocycles. The molecule has 0 atom stereocenters. The summed E-state index contributed by atoms with van der Waals surface area (Å²) in [5, 5.41) is 18.2. The molecule has 4 nitrogen and oxygen atoms in total. The fourth-order valence-corrected chi connectivity index (χ4v) is 2.71. The van der Waals surface area contributed by atoms with Crippen molar-refractivity contribution in [1.29, 1.82) is 0 Å². The highest BCUT2D eigenvalue weighted by Crippen LogP contribution is 2.18. The van der Waals surface area contributed by atoms with Crippen molar-refractivity contribution in [2.45, 2.75) is 6.92 Å². The summed E-state index contributed by atoms with van der Waals surface area (Å²) < 4.78 is 4.89. The maximum atomic E-state index is 8.70. The highest BCUT2D eigenvalue weighted by molar-refractivity contribution is 6.58. The first-order chi connectivity index (χ1) is 15.0. The van der Waals surface area contributed by atoms with Gasteiger partial charge in [-0.25, -0.2) is 0 Å². The van der Waals surface area contributed by atoms with Crippen molar-refractivity contribution in [1.82, 2.24) is 0 Å². The molecular formula is C26H28BClO4. The van der Waals surface area contributed by atoms with Crippen LogP contribution in [0.1, 0.15) is 5.56 Å². The number of halogens is 1. The highest BCUT2D eigenvalue weighted by atomic mass is 35.5. The number of rotatable bonds is 3. The smallest absolute Gasteiger partial charge is 0.488 e. The van der Waals surface area contributed by atoms with Crippen molar-refractivity contribution in [3.8, 4) is 16.9 Å². The van der Waals surface area contributed by atoms with Gasteiger partial charge in [-0.2, -0.15) is 0 Å². The van der Waals surface area contributed by atoms with Gasteiger partial charge in [0.05, 0.1) is 7.11 Å². The molecule has 4 N–H and O–H groups in total. The van der Waals surface area contributed by atoms with Crippen LogP contribution in [-0.4, -0.2) is 29.8 Å². The summed E-state index contributed by atoms with van der Waals surface area (Å²) in [6.07, 6.45) is 0. The lowest BCUT2D eigenvalue weighted by Gasteiger charge is -2.00. The van der Waals surface area contributed by atoms with Crippen molar-refractivity contribution in [2.24, 2.45) is 0 Å². The Bertz CT molecular complexity index is 993. The van der Waals surface area contributed by atoms with Crippen LogP contribution in [0.2, 0.25) is 5.02 Å². The van der Waals surface area contributed by atoms with Crippen LogP contribution < -0.4 is 10.2 Å². The number of ether oxygens (including phenoxy) is 1. The van der Waals surface area contributed by atoms with E-state index in [1.54, 1.807) is 31.4 Å². The zero-order valence-corrected chi connectivity index (χ0v) is 18.9. The summed E-state index contributed by atoms with van der Waals surface area (Å²) in [5.41, 5.74) is 4.33. The van der Waals surface area contributed by atoms with E-state index in [9.17, 15) is 0 Å². The largest absolute Gasteiger partial charge is 0.497 e. The van der Waals surface area contributed by atoms with Gasteiger partial charge >= 0.3 is 7.12 Å². The van der Waals surface area contributed by atoms with Crippen LogP contribution in [0, 0.1) is 6.92 Å². The van der Waals surface area contributed by atoms with Gasteiger partial charge in [0.1, 0.15) is 5.75 Å². The molecule has 0 radical (unpaired) electrons. The third-order valence-electron chi connectivity index (χ3n) is 4.31. The predicted octanol–water partition coefficient (Wildman–Crippen LogP) is 4.55. The standard InChI is InChI=1S/C13H12.C7H9BO3.C6H5Cl.H2O/c1-11-7-9-13(10-8-11)12-5-3-2-4-6-12;1-11-7-4-2-6(3-5-7)8(9)10;7-6-4-2-1-3-5-6;/h2-10H,1H3;2-5,9-10H,1H3;1-5H;1H2. The van der Waals surface area contributed by atoms with E-state index in [1.165, 1.54) is 16.7 Å². The van der Waals surface area contributed by atoms with Crippen LogP contribution in [0.15, 0.2) is 109 Å². The van der Waals surface area contributed by atoms with Crippen LogP contribution in [0.3, 0.4) is 0 Å². The summed E-state index contributed by atoms with van der Waals surface area (Å²) in [7, 11) is 0.158. The number of benzene rings is 4. The van der Waals surface area contributed by atoms with Gasteiger partial charge in [-0.05, 0) is 47.8 Å². The van der Waals surface area contributed by atoms with Crippen LogP contribution >= 0.6 is 11.6 Å². The van der Waals surface area contributed by atoms with Crippen LogP contribution in [0.4, 0.5) is 0 Å². The van der Waals surface area contributed by atoms with E-state index in [4.69, 9.17) is 26.4 Å². The van der Waals surface area contributed by atoms with Crippen LogP contribution in [0.5, 0.6) is 5.75 Å². The normalized spacial score (nSPS) is 9.16. The lowest BCUT2D eigenvalue weighted by atomic mass is 9.80. The summed E-state index contributed by atoms with van der Waals surface area (Å²) in [6, 6.07) is 35.0. The Labute approximate surface area is 195 Å². The number of hydrogen-bond acceptors (Lipinski definition) is 3. The maximum absolute atomic E-state index is 8.70. The van der Waals surface area contributed by atoms with Crippen molar-refractivity contribution in [3.63, 3.8) is 0 Å². The van der Waals surface area contributed by atoms with E-state index in [-0.39, 0.29) is 5.48 Å². The van der Waals surface area contributed by atoms with E-state index >= 15 is 0 Å². The zero-order valence-electron chi connectivity index (χ0n) is 18.2. The molecule has 6 heteroatoms. The van der Waals surface area contributed by atoms with Crippen molar-refractivity contribution >= 4 is 24.2 Å². The monoisotopic (exact) mass is 450 g/mol. The van der Waals surface area contributed by atoms with Gasteiger partial charge in [0.2, 0.25) is 0 Å². The molecule has 4 rings (SSSR count). The van der Waals surface area contributed by atoms with Crippen molar-refractivity contribution < 1.29 is 20.3 Å². The molecule has 0 saturated carbocycles. The number of methoxy groups -OCH3 is 1. The topological polar surface area (TPSA) is 81.2 Å². The van der Waals surface area contributed by atoms with Gasteiger partial charge in [0.15, 0.2) is 0 Å². The molecule has 4 aromatic rings. The van der Waals surface area contributed by atoms with Crippen LogP contribution in [0.25, 0.3) is 11.1 Å². The molecule has 0 saturated heterocycles. The Hall–Kier alpha value is -3.09. The molecule has 0 unspecified atom stereocenters. The van der Waals surface area contributed by atoms with Crippen LogP contribution in [-0.2, 0) is 0 Å². The quantitative estimate of drug-likeness (QED) is 0.449. The molecule has 0 aliphatic carbocycles. The Morgan fingerprint density at radius 2 is 1.12 bits per heavy atom. The second-order valence-corrected chi connectivity index (χ2v) is 7.11. The molecule has 0 aliphatic rings.